The Morgan fingerprint density at radius 3 is 2.64 bits per heavy atom. The smallest absolute Gasteiger partial charge is 0.151 e. The fraction of sp³-hybridized carbons (Fsp3) is 0.556. The minimum atomic E-state index is -0.419. The Bertz CT molecular complexity index is 276. The summed E-state index contributed by atoms with van der Waals surface area (Å²) in [4.78, 5) is 0. The van der Waals surface area contributed by atoms with Crippen molar-refractivity contribution in [2.45, 2.75) is 32.4 Å². The largest absolute Gasteiger partial charge is 0.391 e. The molecule has 5 heteroatoms. The molecule has 0 amide bonds. The average Bonchev–Trinajstić information content (AvgIpc) is 2.16. The number of anilines is 1. The van der Waals surface area contributed by atoms with E-state index in [1.807, 2.05) is 6.92 Å². The molecule has 78 valence electrons. The average molecular weight is 216 g/mol. The van der Waals surface area contributed by atoms with Gasteiger partial charge >= 0.3 is 0 Å². The van der Waals surface area contributed by atoms with Gasteiger partial charge in [-0.15, -0.1) is 10.2 Å². The summed E-state index contributed by atoms with van der Waals surface area (Å²) in [5, 5.41) is 20.4. The van der Waals surface area contributed by atoms with Crippen molar-refractivity contribution >= 4 is 17.4 Å². The number of aromatic nitrogens is 2. The number of nitrogens with one attached hydrogen (secondary N) is 1. The predicted octanol–water partition coefficient (Wildman–Crippen LogP) is 1.70. The number of hydrogen-bond acceptors (Lipinski definition) is 4. The summed E-state index contributed by atoms with van der Waals surface area (Å²) in [5.74, 6) is 0.627. The van der Waals surface area contributed by atoms with Crippen LogP contribution >= 0.6 is 11.6 Å². The van der Waals surface area contributed by atoms with Gasteiger partial charge in [0, 0.05) is 0 Å². The Morgan fingerprint density at radius 2 is 2.21 bits per heavy atom. The Balaban J connectivity index is 2.63. The summed E-state index contributed by atoms with van der Waals surface area (Å²) in [6.07, 6.45) is 0.402. The van der Waals surface area contributed by atoms with Crippen LogP contribution in [0.25, 0.3) is 0 Å². The highest BCUT2D eigenvalue weighted by molar-refractivity contribution is 6.29. The number of rotatable bonds is 4. The van der Waals surface area contributed by atoms with Gasteiger partial charge in [-0.3, -0.25) is 0 Å². The van der Waals surface area contributed by atoms with Crippen LogP contribution in [0.1, 0.15) is 20.3 Å². The van der Waals surface area contributed by atoms with E-state index in [-0.39, 0.29) is 6.04 Å². The SMILES string of the molecule is CCC(Nc1ccc(Cl)nn1)C(C)O. The zero-order chi connectivity index (χ0) is 10.6. The summed E-state index contributed by atoms with van der Waals surface area (Å²) in [7, 11) is 0. The Hall–Kier alpha value is -0.870. The van der Waals surface area contributed by atoms with E-state index in [4.69, 9.17) is 11.6 Å². The zero-order valence-corrected chi connectivity index (χ0v) is 8.99. The van der Waals surface area contributed by atoms with Crippen molar-refractivity contribution in [3.63, 3.8) is 0 Å². The normalized spacial score (nSPS) is 14.9. The highest BCUT2D eigenvalue weighted by Crippen LogP contribution is 2.10. The highest BCUT2D eigenvalue weighted by atomic mass is 35.5. The Morgan fingerprint density at radius 1 is 1.50 bits per heavy atom. The molecule has 0 spiro atoms. The van der Waals surface area contributed by atoms with Crippen molar-refractivity contribution in [2.24, 2.45) is 0 Å². The lowest BCUT2D eigenvalue weighted by atomic mass is 10.1. The molecule has 2 unspecified atom stereocenters. The third kappa shape index (κ3) is 3.12. The van der Waals surface area contributed by atoms with E-state index in [1.54, 1.807) is 19.1 Å². The molecule has 1 heterocycles. The van der Waals surface area contributed by atoms with E-state index < -0.39 is 6.10 Å². The van der Waals surface area contributed by atoms with Crippen LogP contribution in [0, 0.1) is 0 Å². The van der Waals surface area contributed by atoms with Crippen molar-refractivity contribution < 1.29 is 5.11 Å². The topological polar surface area (TPSA) is 58.0 Å². The first kappa shape index (κ1) is 11.2. The van der Waals surface area contributed by atoms with Crippen LogP contribution < -0.4 is 5.32 Å². The van der Waals surface area contributed by atoms with Crippen molar-refractivity contribution in [3.8, 4) is 0 Å². The first-order chi connectivity index (χ1) is 6.63. The van der Waals surface area contributed by atoms with Crippen LogP contribution in [-0.4, -0.2) is 27.4 Å². The lowest BCUT2D eigenvalue weighted by Crippen LogP contribution is -2.30. The standard InChI is InChI=1S/C9H14ClN3O/c1-3-7(6(2)14)11-9-5-4-8(10)12-13-9/h4-7,14H,3H2,1-2H3,(H,11,13). The molecule has 4 nitrogen and oxygen atoms in total. The lowest BCUT2D eigenvalue weighted by Gasteiger charge is -2.19. The summed E-state index contributed by atoms with van der Waals surface area (Å²) in [6.45, 7) is 3.73. The Kier molecular flexibility index (Phi) is 4.10. The molecule has 0 saturated carbocycles. The van der Waals surface area contributed by atoms with Crippen LogP contribution in [0.15, 0.2) is 12.1 Å². The van der Waals surface area contributed by atoms with E-state index >= 15 is 0 Å². The van der Waals surface area contributed by atoms with E-state index in [9.17, 15) is 5.11 Å². The first-order valence-corrected chi connectivity index (χ1v) is 4.95. The molecule has 2 atom stereocenters. The molecule has 0 aliphatic carbocycles. The second-order valence-corrected chi connectivity index (χ2v) is 3.53. The minimum absolute atomic E-state index is 0.00882. The number of hydrogen-bond donors (Lipinski definition) is 2. The maximum Gasteiger partial charge on any atom is 0.151 e. The molecule has 0 aliphatic heterocycles. The molecular formula is C9H14ClN3O. The molecule has 0 radical (unpaired) electrons. The van der Waals surface area contributed by atoms with Crippen molar-refractivity contribution in [3.05, 3.63) is 17.3 Å². The van der Waals surface area contributed by atoms with Gasteiger partial charge in [-0.25, -0.2) is 0 Å². The number of halogens is 1. The first-order valence-electron chi connectivity index (χ1n) is 4.57. The van der Waals surface area contributed by atoms with Crippen LogP contribution in [0.4, 0.5) is 5.82 Å². The van der Waals surface area contributed by atoms with E-state index in [0.29, 0.717) is 11.0 Å². The fourth-order valence-electron chi connectivity index (χ4n) is 1.15. The summed E-state index contributed by atoms with van der Waals surface area (Å²) in [5.41, 5.74) is 0. The predicted molar refractivity (Wildman–Crippen MR) is 56.4 cm³/mol. The molecule has 1 aromatic rings. The van der Waals surface area contributed by atoms with Crippen molar-refractivity contribution in [2.75, 3.05) is 5.32 Å². The lowest BCUT2D eigenvalue weighted by molar-refractivity contribution is 0.169. The number of aliphatic hydroxyl groups is 1. The summed E-state index contributed by atoms with van der Waals surface area (Å²) in [6, 6.07) is 3.39. The molecule has 0 aromatic carbocycles. The van der Waals surface area contributed by atoms with Gasteiger partial charge in [0.2, 0.25) is 0 Å². The second-order valence-electron chi connectivity index (χ2n) is 3.14. The van der Waals surface area contributed by atoms with Crippen LogP contribution in [-0.2, 0) is 0 Å². The Labute approximate surface area is 88.3 Å². The third-order valence-electron chi connectivity index (χ3n) is 1.99. The molecule has 1 rings (SSSR count). The quantitative estimate of drug-likeness (QED) is 0.803. The maximum absolute atomic E-state index is 9.39. The van der Waals surface area contributed by atoms with Gasteiger partial charge in [0.25, 0.3) is 0 Å². The van der Waals surface area contributed by atoms with E-state index in [1.165, 1.54) is 0 Å². The van der Waals surface area contributed by atoms with E-state index in [0.717, 1.165) is 6.42 Å². The molecule has 14 heavy (non-hydrogen) atoms. The fourth-order valence-corrected chi connectivity index (χ4v) is 1.25. The molecule has 0 aliphatic rings. The van der Waals surface area contributed by atoms with Gasteiger partial charge in [0.05, 0.1) is 12.1 Å². The third-order valence-corrected chi connectivity index (χ3v) is 2.19. The van der Waals surface area contributed by atoms with Crippen LogP contribution in [0.5, 0.6) is 0 Å². The van der Waals surface area contributed by atoms with Crippen molar-refractivity contribution in [1.29, 1.82) is 0 Å². The van der Waals surface area contributed by atoms with Gasteiger partial charge in [0.15, 0.2) is 5.15 Å². The summed E-state index contributed by atoms with van der Waals surface area (Å²) < 4.78 is 0. The van der Waals surface area contributed by atoms with Gasteiger partial charge in [0.1, 0.15) is 5.82 Å². The highest BCUT2D eigenvalue weighted by Gasteiger charge is 2.12. The van der Waals surface area contributed by atoms with Gasteiger partial charge in [-0.2, -0.15) is 0 Å². The molecule has 0 saturated heterocycles. The van der Waals surface area contributed by atoms with Crippen molar-refractivity contribution in [1.82, 2.24) is 10.2 Å². The second kappa shape index (κ2) is 5.12. The van der Waals surface area contributed by atoms with Gasteiger partial charge in [-0.05, 0) is 25.5 Å². The maximum atomic E-state index is 9.39. The molecule has 0 fully saturated rings. The molecular weight excluding hydrogens is 202 g/mol. The van der Waals surface area contributed by atoms with E-state index in [2.05, 4.69) is 15.5 Å². The monoisotopic (exact) mass is 215 g/mol. The van der Waals surface area contributed by atoms with Crippen LogP contribution in [0.2, 0.25) is 5.15 Å². The molecule has 2 N–H and O–H groups in total. The summed E-state index contributed by atoms with van der Waals surface area (Å²) >= 11 is 5.59. The molecule has 1 aromatic heterocycles. The van der Waals surface area contributed by atoms with Gasteiger partial charge < -0.3 is 10.4 Å². The molecule has 0 bridgehead atoms. The minimum Gasteiger partial charge on any atom is -0.391 e. The van der Waals surface area contributed by atoms with Crippen LogP contribution in [0.3, 0.4) is 0 Å². The van der Waals surface area contributed by atoms with Gasteiger partial charge in [-0.1, -0.05) is 18.5 Å². The zero-order valence-electron chi connectivity index (χ0n) is 8.24. The number of aliphatic hydroxyl groups excluding tert-OH is 1. The number of nitrogens with zero attached hydrogens (tertiary/aromatic N) is 2.